The maximum absolute atomic E-state index is 14.7. The van der Waals surface area contributed by atoms with Crippen LogP contribution in [0.2, 0.25) is 0 Å². The molecule has 0 unspecified atom stereocenters. The van der Waals surface area contributed by atoms with E-state index in [1.54, 1.807) is 27.7 Å². The van der Waals surface area contributed by atoms with E-state index in [9.17, 15) is 24.3 Å². The van der Waals surface area contributed by atoms with E-state index >= 15 is 0 Å². The van der Waals surface area contributed by atoms with Crippen molar-refractivity contribution in [3.63, 3.8) is 0 Å². The summed E-state index contributed by atoms with van der Waals surface area (Å²) in [4.78, 5) is 58.6. The lowest BCUT2D eigenvalue weighted by molar-refractivity contribution is -0.320. The Hall–Kier alpha value is -2.48. The number of carbonyl (C=O) groups excluding carboxylic acids is 4. The number of nitrogens with two attached hydrogens (primary N) is 1. The van der Waals surface area contributed by atoms with Crippen molar-refractivity contribution < 1.29 is 66.9 Å². The van der Waals surface area contributed by atoms with Gasteiger partial charge in [0.25, 0.3) is 0 Å². The fraction of sp³-hybridized carbons (Fsp3) is 0.907. The number of methoxy groups -OCH3 is 2. The van der Waals surface area contributed by atoms with Gasteiger partial charge < -0.3 is 58.4 Å². The predicted molar refractivity (Wildman–Crippen MR) is 218 cm³/mol. The first-order valence-electron chi connectivity index (χ1n) is 21.6. The standard InChI is InChI=1S/C43H75N3O14/c1-16-30-43(11)35(46(18-17-44)40(51)60-43)24(4)32(48)22(2)20-41(9,52-14)36(59-39-33(49)29(45(12)13)19-23(3)54-39)25(5)34(26(6)38(50)57-30)58-31-21-42(10,53-15)37(27(7)55-31)56-28(8)47/h22-27,29-31,33-37,39,49H,16-21,44H2,1-15H3/t22-,23-,24+,25+,26-,27+,29+,30-,31+,33-,34+,35-,36-,37+,39+,41-,42-,43-/m1/s1. The maximum atomic E-state index is 14.7. The largest absolute Gasteiger partial charge is 0.458 e. The lowest BCUT2D eigenvalue weighted by Gasteiger charge is -2.50. The van der Waals surface area contributed by atoms with Gasteiger partial charge in [-0.3, -0.25) is 19.3 Å². The molecule has 4 aliphatic heterocycles. The molecule has 0 bridgehead atoms. The molecule has 0 saturated carbocycles. The molecule has 0 aliphatic carbocycles. The minimum Gasteiger partial charge on any atom is -0.458 e. The molecule has 4 heterocycles. The van der Waals surface area contributed by atoms with Gasteiger partial charge >= 0.3 is 18.0 Å². The summed E-state index contributed by atoms with van der Waals surface area (Å²) in [6.07, 6.45) is -7.45. The van der Waals surface area contributed by atoms with Crippen LogP contribution in [0.15, 0.2) is 0 Å². The van der Waals surface area contributed by atoms with Crippen LogP contribution in [0, 0.1) is 23.7 Å². The van der Waals surface area contributed by atoms with Crippen molar-refractivity contribution >= 4 is 23.8 Å². The molecule has 0 spiro atoms. The van der Waals surface area contributed by atoms with Crippen molar-refractivity contribution in [2.24, 2.45) is 29.4 Å². The second kappa shape index (κ2) is 19.9. The molecule has 18 atom stereocenters. The summed E-state index contributed by atoms with van der Waals surface area (Å²) in [6, 6.07) is -1.12. The van der Waals surface area contributed by atoms with Crippen LogP contribution in [-0.4, -0.2) is 164 Å². The topological polar surface area (TPSA) is 204 Å². The van der Waals surface area contributed by atoms with Crippen LogP contribution in [0.5, 0.6) is 0 Å². The van der Waals surface area contributed by atoms with Gasteiger partial charge in [0.2, 0.25) is 0 Å². The van der Waals surface area contributed by atoms with E-state index in [1.165, 1.54) is 26.0 Å². The number of nitrogens with zero attached hydrogens (tertiary/aromatic N) is 2. The number of amides is 1. The Labute approximate surface area is 356 Å². The molecule has 4 rings (SSSR count). The van der Waals surface area contributed by atoms with Crippen LogP contribution < -0.4 is 5.73 Å². The lowest BCUT2D eigenvalue weighted by atomic mass is 9.73. The quantitative estimate of drug-likeness (QED) is 0.226. The highest BCUT2D eigenvalue weighted by molar-refractivity contribution is 5.85. The number of cyclic esters (lactones) is 1. The van der Waals surface area contributed by atoms with Gasteiger partial charge in [-0.2, -0.15) is 0 Å². The Morgan fingerprint density at radius 3 is 2.10 bits per heavy atom. The second-order valence-corrected chi connectivity index (χ2v) is 18.5. The van der Waals surface area contributed by atoms with Gasteiger partial charge in [-0.15, -0.1) is 0 Å². The zero-order valence-corrected chi connectivity index (χ0v) is 38.6. The summed E-state index contributed by atoms with van der Waals surface area (Å²) in [5.41, 5.74) is 2.25. The van der Waals surface area contributed by atoms with E-state index in [2.05, 4.69) is 0 Å². The van der Waals surface area contributed by atoms with E-state index in [0.29, 0.717) is 6.42 Å². The van der Waals surface area contributed by atoms with Crippen LogP contribution in [0.25, 0.3) is 0 Å². The molecule has 0 aromatic rings. The normalized spacial score (nSPS) is 44.8. The Balaban J connectivity index is 1.90. The zero-order valence-electron chi connectivity index (χ0n) is 38.6. The molecule has 17 nitrogen and oxygen atoms in total. The maximum Gasteiger partial charge on any atom is 0.410 e. The summed E-state index contributed by atoms with van der Waals surface area (Å²) < 4.78 is 57.0. The average Bonchev–Trinajstić information content (AvgIpc) is 3.44. The van der Waals surface area contributed by atoms with E-state index in [1.807, 2.05) is 60.5 Å². The molecule has 346 valence electrons. The Bertz CT molecular complexity index is 1500. The number of carbonyl (C=O) groups is 4. The Kier molecular flexibility index (Phi) is 16.7. The minimum absolute atomic E-state index is 0.115. The lowest BCUT2D eigenvalue weighted by Crippen LogP contribution is -2.62. The monoisotopic (exact) mass is 858 g/mol. The molecule has 17 heteroatoms. The van der Waals surface area contributed by atoms with Crippen molar-refractivity contribution in [3.8, 4) is 0 Å². The van der Waals surface area contributed by atoms with Crippen LogP contribution in [0.1, 0.15) is 102 Å². The van der Waals surface area contributed by atoms with Gasteiger partial charge in [-0.25, -0.2) is 4.79 Å². The summed E-state index contributed by atoms with van der Waals surface area (Å²) in [5.74, 6) is -4.48. The Morgan fingerprint density at radius 1 is 0.933 bits per heavy atom. The van der Waals surface area contributed by atoms with Crippen molar-refractivity contribution in [3.05, 3.63) is 0 Å². The number of ketones is 1. The third kappa shape index (κ3) is 10.1. The number of aliphatic hydroxyl groups excluding tert-OH is 1. The number of rotatable bonds is 11. The Morgan fingerprint density at radius 2 is 1.55 bits per heavy atom. The first-order chi connectivity index (χ1) is 27.9. The number of ether oxygens (including phenoxy) is 9. The van der Waals surface area contributed by atoms with Crippen LogP contribution in [-0.2, 0) is 57.0 Å². The van der Waals surface area contributed by atoms with E-state index in [-0.39, 0.29) is 50.3 Å². The highest BCUT2D eigenvalue weighted by Crippen LogP contribution is 2.45. The number of aliphatic hydroxyl groups is 1. The summed E-state index contributed by atoms with van der Waals surface area (Å²) in [6.45, 7) is 19.6. The molecule has 4 saturated heterocycles. The highest BCUT2D eigenvalue weighted by atomic mass is 16.7. The van der Waals surface area contributed by atoms with Gasteiger partial charge in [0.05, 0.1) is 42.0 Å². The third-order valence-electron chi connectivity index (χ3n) is 13.7. The number of Topliss-reactive ketones (excluding diaryl/α,β-unsaturated/α-hetero) is 1. The summed E-state index contributed by atoms with van der Waals surface area (Å²) in [5, 5.41) is 11.7. The van der Waals surface area contributed by atoms with Gasteiger partial charge in [-0.05, 0) is 74.9 Å². The van der Waals surface area contributed by atoms with E-state index in [0.717, 1.165) is 0 Å². The molecular formula is C43H75N3O14. The summed E-state index contributed by atoms with van der Waals surface area (Å²) >= 11 is 0. The van der Waals surface area contributed by atoms with E-state index < -0.39 is 114 Å². The number of hydrogen-bond donors (Lipinski definition) is 2. The summed E-state index contributed by atoms with van der Waals surface area (Å²) in [7, 11) is 6.82. The predicted octanol–water partition coefficient (Wildman–Crippen LogP) is 3.44. The van der Waals surface area contributed by atoms with Crippen LogP contribution >= 0.6 is 0 Å². The SMILES string of the molecule is CC[C@H]1OC(=O)[C@H](C)[C@@H](O[C@H]2C[C@@](C)(OC)[C@@H](OC(C)=O)[C@H](C)O2)[C@H](C)[C@@H](O[C@@H]2O[C@H](C)C[C@H](N(C)C)[C@H]2O)[C@](C)(OC)C[C@@H](C)C(=O)[C@H](C)[C@H]2N(CCN)C(=O)O[C@]12C. The molecular weight excluding hydrogens is 782 g/mol. The molecule has 4 aliphatic rings. The van der Waals surface area contributed by atoms with Gasteiger partial charge in [0, 0.05) is 64.4 Å². The zero-order chi connectivity index (χ0) is 45.2. The third-order valence-corrected chi connectivity index (χ3v) is 13.7. The smallest absolute Gasteiger partial charge is 0.410 e. The van der Waals surface area contributed by atoms with Crippen LogP contribution in [0.4, 0.5) is 4.79 Å². The van der Waals surface area contributed by atoms with Crippen molar-refractivity contribution in [1.82, 2.24) is 9.80 Å². The second-order valence-electron chi connectivity index (χ2n) is 18.5. The first-order valence-corrected chi connectivity index (χ1v) is 21.6. The van der Waals surface area contributed by atoms with Crippen molar-refractivity contribution in [2.75, 3.05) is 41.4 Å². The number of fused-ring (bicyclic) bond motifs is 1. The van der Waals surface area contributed by atoms with Crippen molar-refractivity contribution in [2.45, 2.75) is 186 Å². The van der Waals surface area contributed by atoms with Crippen LogP contribution in [0.3, 0.4) is 0 Å². The average molecular weight is 858 g/mol. The fourth-order valence-corrected chi connectivity index (χ4v) is 10.4. The molecule has 3 N–H and O–H groups in total. The number of hydrogen-bond acceptors (Lipinski definition) is 16. The molecule has 4 fully saturated rings. The van der Waals surface area contributed by atoms with E-state index in [4.69, 9.17) is 48.4 Å². The van der Waals surface area contributed by atoms with Gasteiger partial charge in [-0.1, -0.05) is 27.7 Å². The first kappa shape index (κ1) is 50.2. The molecule has 0 aromatic carbocycles. The molecule has 60 heavy (non-hydrogen) atoms. The molecule has 0 aromatic heterocycles. The number of esters is 2. The van der Waals surface area contributed by atoms with Gasteiger partial charge in [0.1, 0.15) is 23.6 Å². The minimum atomic E-state index is -1.42. The molecule has 1 amide bonds. The highest BCUT2D eigenvalue weighted by Gasteiger charge is 2.61. The number of likely N-dealkylation sites (N-methyl/N-ethyl adjacent to an activating group) is 1. The van der Waals surface area contributed by atoms with Crippen molar-refractivity contribution in [1.29, 1.82) is 0 Å². The van der Waals surface area contributed by atoms with Gasteiger partial charge in [0.15, 0.2) is 24.3 Å². The molecule has 0 radical (unpaired) electrons. The fourth-order valence-electron chi connectivity index (χ4n) is 10.4.